The van der Waals surface area contributed by atoms with Crippen molar-refractivity contribution >= 4 is 5.97 Å². The third-order valence-corrected chi connectivity index (χ3v) is 2.59. The van der Waals surface area contributed by atoms with Crippen molar-refractivity contribution in [2.75, 3.05) is 0 Å². The Morgan fingerprint density at radius 1 is 1.35 bits per heavy atom. The van der Waals surface area contributed by atoms with Gasteiger partial charge in [-0.15, -0.1) is 0 Å². The van der Waals surface area contributed by atoms with Gasteiger partial charge in [-0.1, -0.05) is 0 Å². The standard InChI is InChI=1S/C12H8F4N2O2/c13-9-1-2-10(12(14,15)16)7(3-9)5-18-6-8(4-17-18)11(19)20/h1-4,6H,5H2,(H,19,20). The zero-order valence-electron chi connectivity index (χ0n) is 9.86. The van der Waals surface area contributed by atoms with Crippen LogP contribution in [0.15, 0.2) is 30.6 Å². The second-order valence-corrected chi connectivity index (χ2v) is 4.03. The molecule has 4 nitrogen and oxygen atoms in total. The fourth-order valence-electron chi connectivity index (χ4n) is 1.70. The number of aromatic carboxylic acids is 1. The Kier molecular flexibility index (Phi) is 3.47. The van der Waals surface area contributed by atoms with Crippen molar-refractivity contribution in [1.29, 1.82) is 0 Å². The molecular weight excluding hydrogens is 280 g/mol. The van der Waals surface area contributed by atoms with E-state index in [9.17, 15) is 22.4 Å². The molecule has 0 unspecified atom stereocenters. The number of carboxylic acids is 1. The molecule has 0 aliphatic rings. The highest BCUT2D eigenvalue weighted by atomic mass is 19.4. The maximum absolute atomic E-state index is 13.1. The summed E-state index contributed by atoms with van der Waals surface area (Å²) in [6.07, 6.45) is -2.53. The number of aromatic nitrogens is 2. The molecule has 0 atom stereocenters. The quantitative estimate of drug-likeness (QED) is 0.884. The van der Waals surface area contributed by atoms with Gasteiger partial charge in [0.05, 0.1) is 23.9 Å². The molecule has 1 N–H and O–H groups in total. The molecule has 8 heteroatoms. The summed E-state index contributed by atoms with van der Waals surface area (Å²) < 4.78 is 52.4. The minimum Gasteiger partial charge on any atom is -0.478 e. The van der Waals surface area contributed by atoms with E-state index in [4.69, 9.17) is 5.11 Å². The monoisotopic (exact) mass is 288 g/mol. The summed E-state index contributed by atoms with van der Waals surface area (Å²) in [5, 5.41) is 12.3. The summed E-state index contributed by atoms with van der Waals surface area (Å²) in [5.74, 6) is -2.05. The molecular formula is C12H8F4N2O2. The van der Waals surface area contributed by atoms with Crippen LogP contribution >= 0.6 is 0 Å². The van der Waals surface area contributed by atoms with Crippen molar-refractivity contribution in [2.45, 2.75) is 12.7 Å². The van der Waals surface area contributed by atoms with E-state index in [1.54, 1.807) is 0 Å². The molecule has 1 aromatic heterocycles. The lowest BCUT2D eigenvalue weighted by Gasteiger charge is -2.12. The van der Waals surface area contributed by atoms with Crippen LogP contribution < -0.4 is 0 Å². The largest absolute Gasteiger partial charge is 0.478 e. The van der Waals surface area contributed by atoms with E-state index in [1.807, 2.05) is 0 Å². The molecule has 2 rings (SSSR count). The van der Waals surface area contributed by atoms with Gasteiger partial charge >= 0.3 is 12.1 Å². The maximum Gasteiger partial charge on any atom is 0.416 e. The number of hydrogen-bond donors (Lipinski definition) is 1. The van der Waals surface area contributed by atoms with Crippen LogP contribution in [0.1, 0.15) is 21.5 Å². The number of halogens is 4. The topological polar surface area (TPSA) is 55.1 Å². The fourth-order valence-corrected chi connectivity index (χ4v) is 1.70. The Labute approximate surface area is 110 Å². The first-order valence-electron chi connectivity index (χ1n) is 5.39. The predicted molar refractivity (Wildman–Crippen MR) is 59.7 cm³/mol. The number of carbonyl (C=O) groups is 1. The Morgan fingerprint density at radius 3 is 2.60 bits per heavy atom. The molecule has 0 fully saturated rings. The van der Waals surface area contributed by atoms with Crippen molar-refractivity contribution in [3.63, 3.8) is 0 Å². The fraction of sp³-hybridized carbons (Fsp3) is 0.167. The highest BCUT2D eigenvalue weighted by Gasteiger charge is 2.33. The van der Waals surface area contributed by atoms with Crippen molar-refractivity contribution < 1.29 is 27.5 Å². The summed E-state index contributed by atoms with van der Waals surface area (Å²) in [7, 11) is 0. The molecule has 0 bridgehead atoms. The number of carboxylic acid groups (broad SMARTS) is 1. The van der Waals surface area contributed by atoms with Crippen LogP contribution in [0.4, 0.5) is 17.6 Å². The van der Waals surface area contributed by atoms with E-state index in [-0.39, 0.29) is 17.7 Å². The van der Waals surface area contributed by atoms with Crippen molar-refractivity contribution in [3.05, 3.63) is 53.1 Å². The van der Waals surface area contributed by atoms with Gasteiger partial charge in [0.15, 0.2) is 0 Å². The zero-order chi connectivity index (χ0) is 14.9. The molecule has 0 spiro atoms. The highest BCUT2D eigenvalue weighted by Crippen LogP contribution is 2.32. The van der Waals surface area contributed by atoms with Crippen LogP contribution in [-0.2, 0) is 12.7 Å². The first-order chi connectivity index (χ1) is 9.27. The van der Waals surface area contributed by atoms with Crippen LogP contribution in [0.2, 0.25) is 0 Å². The lowest BCUT2D eigenvalue weighted by atomic mass is 10.1. The molecule has 0 saturated heterocycles. The molecule has 0 aliphatic carbocycles. The van der Waals surface area contributed by atoms with Crippen molar-refractivity contribution in [3.8, 4) is 0 Å². The van der Waals surface area contributed by atoms with E-state index in [1.165, 1.54) is 0 Å². The van der Waals surface area contributed by atoms with E-state index in [0.29, 0.717) is 6.07 Å². The predicted octanol–water partition coefficient (Wildman–Crippen LogP) is 2.79. The van der Waals surface area contributed by atoms with Crippen LogP contribution in [0.25, 0.3) is 0 Å². The molecule has 106 valence electrons. The van der Waals surface area contributed by atoms with Gasteiger partial charge in [0.25, 0.3) is 0 Å². The van der Waals surface area contributed by atoms with E-state index in [0.717, 1.165) is 29.2 Å². The Balaban J connectivity index is 2.36. The first kappa shape index (κ1) is 14.0. The van der Waals surface area contributed by atoms with Crippen LogP contribution in [0.3, 0.4) is 0 Å². The Bertz CT molecular complexity index is 649. The third kappa shape index (κ3) is 2.95. The molecule has 2 aromatic rings. The summed E-state index contributed by atoms with van der Waals surface area (Å²) in [6, 6.07) is 2.12. The maximum atomic E-state index is 13.1. The molecule has 0 radical (unpaired) electrons. The van der Waals surface area contributed by atoms with Crippen molar-refractivity contribution in [2.24, 2.45) is 0 Å². The minimum atomic E-state index is -4.62. The number of nitrogens with zero attached hydrogens (tertiary/aromatic N) is 2. The zero-order valence-corrected chi connectivity index (χ0v) is 9.86. The van der Waals surface area contributed by atoms with E-state index in [2.05, 4.69) is 5.10 Å². The second-order valence-electron chi connectivity index (χ2n) is 4.03. The Hall–Kier alpha value is -2.38. The van der Waals surface area contributed by atoms with Gasteiger partial charge in [-0.05, 0) is 23.8 Å². The summed E-state index contributed by atoms with van der Waals surface area (Å²) in [4.78, 5) is 10.7. The molecule has 0 saturated carbocycles. The summed E-state index contributed by atoms with van der Waals surface area (Å²) >= 11 is 0. The Morgan fingerprint density at radius 2 is 2.05 bits per heavy atom. The number of alkyl halides is 3. The normalized spacial score (nSPS) is 11.6. The van der Waals surface area contributed by atoms with Crippen molar-refractivity contribution in [1.82, 2.24) is 9.78 Å². The van der Waals surface area contributed by atoms with Gasteiger partial charge in [-0.25, -0.2) is 9.18 Å². The molecule has 0 amide bonds. The number of hydrogen-bond acceptors (Lipinski definition) is 2. The highest BCUT2D eigenvalue weighted by molar-refractivity contribution is 5.86. The molecule has 20 heavy (non-hydrogen) atoms. The van der Waals surface area contributed by atoms with E-state index < -0.39 is 23.5 Å². The molecule has 0 aliphatic heterocycles. The average Bonchev–Trinajstić information content (AvgIpc) is 2.76. The van der Waals surface area contributed by atoms with E-state index >= 15 is 0 Å². The lowest BCUT2D eigenvalue weighted by Crippen LogP contribution is -2.12. The van der Waals surface area contributed by atoms with Gasteiger partial charge < -0.3 is 5.11 Å². The second kappa shape index (κ2) is 4.95. The van der Waals surface area contributed by atoms with Gasteiger partial charge in [0.1, 0.15) is 5.82 Å². The van der Waals surface area contributed by atoms with Crippen LogP contribution in [0, 0.1) is 5.82 Å². The van der Waals surface area contributed by atoms with Crippen LogP contribution in [0.5, 0.6) is 0 Å². The summed E-state index contributed by atoms with van der Waals surface area (Å²) in [6.45, 7) is -0.375. The molecule has 1 heterocycles. The minimum absolute atomic E-state index is 0.157. The smallest absolute Gasteiger partial charge is 0.416 e. The third-order valence-electron chi connectivity index (χ3n) is 2.59. The van der Waals surface area contributed by atoms with Gasteiger partial charge in [-0.3, -0.25) is 4.68 Å². The number of benzene rings is 1. The van der Waals surface area contributed by atoms with Gasteiger partial charge in [0, 0.05) is 6.20 Å². The van der Waals surface area contributed by atoms with Crippen LogP contribution in [-0.4, -0.2) is 20.9 Å². The first-order valence-corrected chi connectivity index (χ1v) is 5.39. The van der Waals surface area contributed by atoms with Gasteiger partial charge in [0.2, 0.25) is 0 Å². The average molecular weight is 288 g/mol. The summed E-state index contributed by atoms with van der Waals surface area (Å²) in [5.41, 5.74) is -1.46. The molecule has 1 aromatic carbocycles. The lowest BCUT2D eigenvalue weighted by molar-refractivity contribution is -0.138. The SMILES string of the molecule is O=C(O)c1cnn(Cc2cc(F)ccc2C(F)(F)F)c1. The van der Waals surface area contributed by atoms with Gasteiger partial charge in [-0.2, -0.15) is 18.3 Å². The number of rotatable bonds is 3.